The first kappa shape index (κ1) is 18.0. The van der Waals surface area contributed by atoms with Crippen molar-refractivity contribution in [2.24, 2.45) is 0 Å². The van der Waals surface area contributed by atoms with E-state index in [9.17, 15) is 4.79 Å². The maximum Gasteiger partial charge on any atom is 0.319 e. The zero-order valence-corrected chi connectivity index (χ0v) is 15.2. The van der Waals surface area contributed by atoms with Crippen molar-refractivity contribution in [3.63, 3.8) is 0 Å². The summed E-state index contributed by atoms with van der Waals surface area (Å²) >= 11 is 0. The van der Waals surface area contributed by atoms with Crippen LogP contribution in [0.2, 0.25) is 0 Å². The van der Waals surface area contributed by atoms with Crippen molar-refractivity contribution in [1.29, 1.82) is 0 Å². The van der Waals surface area contributed by atoms with E-state index >= 15 is 0 Å². The molecule has 138 valence electrons. The number of likely N-dealkylation sites (tertiary alicyclic amines) is 1. The molecule has 1 aromatic carbocycles. The molecule has 2 amide bonds. The number of rotatable bonds is 5. The number of piperidine rings is 1. The summed E-state index contributed by atoms with van der Waals surface area (Å²) in [6, 6.07) is 5.76. The summed E-state index contributed by atoms with van der Waals surface area (Å²) < 4.78 is 10.9. The number of benzene rings is 1. The minimum absolute atomic E-state index is 0.145. The lowest BCUT2D eigenvalue weighted by molar-refractivity contribution is 0.0633. The number of hydrogen-bond acceptors (Lipinski definition) is 4. The lowest BCUT2D eigenvalue weighted by Gasteiger charge is -2.33. The van der Waals surface area contributed by atoms with Crippen LogP contribution in [0.3, 0.4) is 0 Å². The molecule has 6 heteroatoms. The Hall–Kier alpha value is -1.79. The Morgan fingerprint density at radius 1 is 1.32 bits per heavy atom. The highest BCUT2D eigenvalue weighted by Gasteiger charge is 2.24. The first-order valence-electron chi connectivity index (χ1n) is 9.20. The van der Waals surface area contributed by atoms with Gasteiger partial charge in [0.15, 0.2) is 0 Å². The molecule has 3 rings (SSSR count). The maximum atomic E-state index is 12.3. The second kappa shape index (κ2) is 8.54. The standard InChI is InChI=1S/C19H29N3O3/c1-14-5-6-16(24-2)12-18(14)21-19(23)20-15-7-9-22(10-8-15)13-17-4-3-11-25-17/h5-6,12,15,17H,3-4,7-11,13H2,1-2H3,(H2,20,21,23)/t17-/m0/s1. The lowest BCUT2D eigenvalue weighted by atomic mass is 10.0. The second-order valence-electron chi connectivity index (χ2n) is 6.99. The quantitative estimate of drug-likeness (QED) is 0.860. The predicted molar refractivity (Wildman–Crippen MR) is 98.3 cm³/mol. The molecule has 2 heterocycles. The fourth-order valence-electron chi connectivity index (χ4n) is 3.54. The highest BCUT2D eigenvalue weighted by atomic mass is 16.5. The monoisotopic (exact) mass is 347 g/mol. The summed E-state index contributed by atoms with van der Waals surface area (Å²) in [7, 11) is 1.62. The summed E-state index contributed by atoms with van der Waals surface area (Å²) in [6.07, 6.45) is 4.74. The normalized spacial score (nSPS) is 21.9. The third kappa shape index (κ3) is 5.09. The van der Waals surface area contributed by atoms with Gasteiger partial charge in [0.25, 0.3) is 0 Å². The molecule has 2 fully saturated rings. The first-order valence-corrected chi connectivity index (χ1v) is 9.20. The van der Waals surface area contributed by atoms with Gasteiger partial charge in [0.2, 0.25) is 0 Å². The molecule has 0 aliphatic carbocycles. The second-order valence-corrected chi connectivity index (χ2v) is 6.99. The van der Waals surface area contributed by atoms with Crippen molar-refractivity contribution < 1.29 is 14.3 Å². The van der Waals surface area contributed by atoms with Crippen LogP contribution in [0, 0.1) is 6.92 Å². The van der Waals surface area contributed by atoms with Crippen molar-refractivity contribution in [2.45, 2.75) is 44.8 Å². The molecule has 0 bridgehead atoms. The van der Waals surface area contributed by atoms with E-state index in [4.69, 9.17) is 9.47 Å². The number of amides is 2. The van der Waals surface area contributed by atoms with Crippen molar-refractivity contribution >= 4 is 11.7 Å². The molecule has 0 radical (unpaired) electrons. The molecule has 25 heavy (non-hydrogen) atoms. The van der Waals surface area contributed by atoms with Crippen LogP contribution < -0.4 is 15.4 Å². The molecule has 1 aromatic rings. The van der Waals surface area contributed by atoms with Gasteiger partial charge in [-0.25, -0.2) is 4.79 Å². The number of anilines is 1. The molecule has 0 aromatic heterocycles. The van der Waals surface area contributed by atoms with Gasteiger partial charge >= 0.3 is 6.03 Å². The molecular formula is C19H29N3O3. The van der Waals surface area contributed by atoms with Crippen LogP contribution in [0.5, 0.6) is 5.75 Å². The molecule has 6 nitrogen and oxygen atoms in total. The number of hydrogen-bond donors (Lipinski definition) is 2. The van der Waals surface area contributed by atoms with Crippen LogP contribution in [0.1, 0.15) is 31.2 Å². The minimum atomic E-state index is -0.145. The molecule has 0 spiro atoms. The van der Waals surface area contributed by atoms with Crippen molar-refractivity contribution in [3.05, 3.63) is 23.8 Å². The Balaban J connectivity index is 1.43. The van der Waals surface area contributed by atoms with Gasteiger partial charge < -0.3 is 25.0 Å². The first-order chi connectivity index (χ1) is 12.1. The van der Waals surface area contributed by atoms with Crippen LogP contribution in [0.4, 0.5) is 10.5 Å². The minimum Gasteiger partial charge on any atom is -0.497 e. The highest BCUT2D eigenvalue weighted by molar-refractivity contribution is 5.90. The van der Waals surface area contributed by atoms with Crippen LogP contribution in [-0.2, 0) is 4.74 Å². The van der Waals surface area contributed by atoms with Gasteiger partial charge in [0.1, 0.15) is 5.75 Å². The third-order valence-electron chi connectivity index (χ3n) is 5.10. The zero-order chi connectivity index (χ0) is 17.6. The number of ether oxygens (including phenoxy) is 2. The molecule has 2 aliphatic heterocycles. The van der Waals surface area contributed by atoms with Gasteiger partial charge in [-0.1, -0.05) is 6.07 Å². The summed E-state index contributed by atoms with van der Waals surface area (Å²) in [5.41, 5.74) is 1.80. The fourth-order valence-corrected chi connectivity index (χ4v) is 3.54. The summed E-state index contributed by atoms with van der Waals surface area (Å²) in [5.74, 6) is 0.739. The van der Waals surface area contributed by atoms with E-state index in [0.29, 0.717) is 6.10 Å². The molecule has 0 saturated carbocycles. The lowest BCUT2D eigenvalue weighted by Crippen LogP contribution is -2.47. The number of aryl methyl sites for hydroxylation is 1. The van der Waals surface area contributed by atoms with Gasteiger partial charge in [-0.15, -0.1) is 0 Å². The molecule has 0 unspecified atom stereocenters. The number of carbonyl (C=O) groups is 1. The Morgan fingerprint density at radius 2 is 2.12 bits per heavy atom. The smallest absolute Gasteiger partial charge is 0.319 e. The van der Waals surface area contributed by atoms with E-state index in [1.165, 1.54) is 12.8 Å². The number of nitrogens with zero attached hydrogens (tertiary/aromatic N) is 1. The molecule has 2 N–H and O–H groups in total. The van der Waals surface area contributed by atoms with Gasteiger partial charge in [-0.05, 0) is 44.2 Å². The van der Waals surface area contributed by atoms with Gasteiger partial charge in [-0.2, -0.15) is 0 Å². The predicted octanol–water partition coefficient (Wildman–Crippen LogP) is 2.77. The zero-order valence-electron chi connectivity index (χ0n) is 15.2. The van der Waals surface area contributed by atoms with Gasteiger partial charge in [0, 0.05) is 44.0 Å². The summed E-state index contributed by atoms with van der Waals surface area (Å²) in [4.78, 5) is 14.8. The van der Waals surface area contributed by atoms with Crippen LogP contribution in [0.25, 0.3) is 0 Å². The molecule has 2 aliphatic rings. The number of urea groups is 1. The van der Waals surface area contributed by atoms with Crippen LogP contribution in [0.15, 0.2) is 18.2 Å². The van der Waals surface area contributed by atoms with Crippen molar-refractivity contribution in [3.8, 4) is 5.75 Å². The highest BCUT2D eigenvalue weighted by Crippen LogP contribution is 2.22. The number of carbonyl (C=O) groups excluding carboxylic acids is 1. The maximum absolute atomic E-state index is 12.3. The number of methoxy groups -OCH3 is 1. The van der Waals surface area contributed by atoms with Crippen molar-refractivity contribution in [2.75, 3.05) is 38.7 Å². The summed E-state index contributed by atoms with van der Waals surface area (Å²) in [5, 5.41) is 6.04. The van der Waals surface area contributed by atoms with E-state index in [2.05, 4.69) is 15.5 Å². The van der Waals surface area contributed by atoms with Crippen LogP contribution in [-0.4, -0.2) is 56.4 Å². The van der Waals surface area contributed by atoms with Gasteiger partial charge in [-0.3, -0.25) is 0 Å². The fraction of sp³-hybridized carbons (Fsp3) is 0.632. The average Bonchev–Trinajstić information content (AvgIpc) is 3.11. The largest absolute Gasteiger partial charge is 0.497 e. The Bertz CT molecular complexity index is 579. The molecule has 1 atom stereocenters. The molecular weight excluding hydrogens is 318 g/mol. The topological polar surface area (TPSA) is 62.8 Å². The van der Waals surface area contributed by atoms with E-state index in [0.717, 1.165) is 56.1 Å². The Morgan fingerprint density at radius 3 is 2.80 bits per heavy atom. The van der Waals surface area contributed by atoms with E-state index < -0.39 is 0 Å². The average molecular weight is 347 g/mol. The van der Waals surface area contributed by atoms with E-state index in [-0.39, 0.29) is 12.1 Å². The SMILES string of the molecule is COc1ccc(C)c(NC(=O)NC2CCN(C[C@@H]3CCCO3)CC2)c1. The van der Waals surface area contributed by atoms with Crippen LogP contribution >= 0.6 is 0 Å². The van der Waals surface area contributed by atoms with Crippen molar-refractivity contribution in [1.82, 2.24) is 10.2 Å². The molecule has 2 saturated heterocycles. The number of nitrogens with one attached hydrogen (secondary N) is 2. The summed E-state index contributed by atoms with van der Waals surface area (Å²) in [6.45, 7) is 5.94. The Labute approximate surface area is 149 Å². The Kier molecular flexibility index (Phi) is 6.15. The van der Waals surface area contributed by atoms with E-state index in [1.54, 1.807) is 7.11 Å². The van der Waals surface area contributed by atoms with Gasteiger partial charge in [0.05, 0.1) is 13.2 Å². The third-order valence-corrected chi connectivity index (χ3v) is 5.10. The van der Waals surface area contributed by atoms with E-state index in [1.807, 2.05) is 25.1 Å².